The monoisotopic (exact) mass is 281 g/mol. The summed E-state index contributed by atoms with van der Waals surface area (Å²) in [6, 6.07) is 0. The maximum atomic E-state index is 6.11. The quantitative estimate of drug-likeness (QED) is 0.873. The molecule has 0 bridgehead atoms. The molecular weight excluding hydrogens is 266 g/mol. The molecule has 1 aliphatic rings. The van der Waals surface area contributed by atoms with Crippen molar-refractivity contribution in [3.8, 4) is 0 Å². The van der Waals surface area contributed by atoms with E-state index in [0.29, 0.717) is 10.9 Å². The first kappa shape index (κ1) is 12.6. The fourth-order valence-corrected chi connectivity index (χ4v) is 2.45. The van der Waals surface area contributed by atoms with E-state index in [1.807, 2.05) is 6.92 Å². The van der Waals surface area contributed by atoms with Gasteiger partial charge >= 0.3 is 0 Å². The Morgan fingerprint density at radius 2 is 2.42 bits per heavy atom. The van der Waals surface area contributed by atoms with Crippen molar-refractivity contribution in [1.29, 1.82) is 0 Å². The van der Waals surface area contributed by atoms with Crippen molar-refractivity contribution >= 4 is 23.2 Å². The highest BCUT2D eigenvalue weighted by Crippen LogP contribution is 2.22. The van der Waals surface area contributed by atoms with Crippen LogP contribution < -0.4 is 5.32 Å². The molecule has 0 spiro atoms. The molecule has 1 atom stereocenters. The molecular formula is C12H16ClN5O. The van der Waals surface area contributed by atoms with E-state index in [1.165, 1.54) is 12.7 Å². The van der Waals surface area contributed by atoms with E-state index in [4.69, 9.17) is 16.3 Å². The number of nitrogens with zero attached hydrogens (tertiary/aromatic N) is 4. The van der Waals surface area contributed by atoms with Gasteiger partial charge in [-0.1, -0.05) is 11.6 Å². The van der Waals surface area contributed by atoms with Gasteiger partial charge in [-0.25, -0.2) is 0 Å². The van der Waals surface area contributed by atoms with Gasteiger partial charge < -0.3 is 10.1 Å². The first-order valence-corrected chi connectivity index (χ1v) is 6.85. The number of ether oxygens (including phenoxy) is 1. The van der Waals surface area contributed by atoms with E-state index in [0.717, 1.165) is 37.4 Å². The SMILES string of the molecule is Cc1c(Cl)nc2ncnn2c1NCC1CCCCO1. The molecule has 1 unspecified atom stereocenters. The minimum absolute atomic E-state index is 0.249. The van der Waals surface area contributed by atoms with Crippen LogP contribution in [0.1, 0.15) is 24.8 Å². The van der Waals surface area contributed by atoms with Gasteiger partial charge in [0.15, 0.2) is 0 Å². The highest BCUT2D eigenvalue weighted by Gasteiger charge is 2.16. The molecule has 2 aromatic heterocycles. The first-order valence-electron chi connectivity index (χ1n) is 6.47. The molecule has 0 aromatic carbocycles. The van der Waals surface area contributed by atoms with Crippen LogP contribution in [0.5, 0.6) is 0 Å². The van der Waals surface area contributed by atoms with Crippen LogP contribution in [0.2, 0.25) is 5.15 Å². The van der Waals surface area contributed by atoms with Crippen LogP contribution >= 0.6 is 11.6 Å². The van der Waals surface area contributed by atoms with Gasteiger partial charge in [-0.3, -0.25) is 0 Å². The molecule has 0 aliphatic carbocycles. The van der Waals surface area contributed by atoms with Crippen molar-refractivity contribution in [3.63, 3.8) is 0 Å². The predicted molar refractivity (Wildman–Crippen MR) is 72.6 cm³/mol. The summed E-state index contributed by atoms with van der Waals surface area (Å²) in [6.45, 7) is 3.51. The maximum absolute atomic E-state index is 6.11. The smallest absolute Gasteiger partial charge is 0.255 e. The number of hydrogen-bond acceptors (Lipinski definition) is 5. The zero-order valence-corrected chi connectivity index (χ0v) is 11.5. The number of rotatable bonds is 3. The van der Waals surface area contributed by atoms with Gasteiger partial charge in [0.2, 0.25) is 0 Å². The minimum Gasteiger partial charge on any atom is -0.376 e. The molecule has 1 saturated heterocycles. The molecule has 102 valence electrons. The number of nitrogens with one attached hydrogen (secondary N) is 1. The Kier molecular flexibility index (Phi) is 3.52. The van der Waals surface area contributed by atoms with Gasteiger partial charge in [-0.2, -0.15) is 19.6 Å². The predicted octanol–water partition coefficient (Wildman–Crippen LogP) is 2.07. The molecule has 19 heavy (non-hydrogen) atoms. The zero-order chi connectivity index (χ0) is 13.2. The second-order valence-electron chi connectivity index (χ2n) is 4.72. The first-order chi connectivity index (χ1) is 9.25. The summed E-state index contributed by atoms with van der Waals surface area (Å²) >= 11 is 6.11. The van der Waals surface area contributed by atoms with E-state index in [-0.39, 0.29) is 6.10 Å². The number of aromatic nitrogens is 4. The van der Waals surface area contributed by atoms with E-state index >= 15 is 0 Å². The average Bonchev–Trinajstić information content (AvgIpc) is 2.88. The summed E-state index contributed by atoms with van der Waals surface area (Å²) < 4.78 is 7.38. The standard InChI is InChI=1S/C12H16ClN5O/c1-8-10(13)17-12-15-7-16-18(12)11(8)14-6-9-4-2-3-5-19-9/h7,9,14H,2-6H2,1H3. The van der Waals surface area contributed by atoms with Gasteiger partial charge in [0, 0.05) is 18.7 Å². The highest BCUT2D eigenvalue weighted by molar-refractivity contribution is 6.30. The lowest BCUT2D eigenvalue weighted by atomic mass is 10.1. The molecule has 1 fully saturated rings. The second kappa shape index (κ2) is 5.30. The summed E-state index contributed by atoms with van der Waals surface area (Å²) in [4.78, 5) is 8.24. The van der Waals surface area contributed by atoms with Crippen molar-refractivity contribution in [3.05, 3.63) is 17.0 Å². The van der Waals surface area contributed by atoms with Crippen LogP contribution in [0.3, 0.4) is 0 Å². The third-order valence-electron chi connectivity index (χ3n) is 3.38. The lowest BCUT2D eigenvalue weighted by molar-refractivity contribution is 0.0247. The molecule has 0 amide bonds. The lowest BCUT2D eigenvalue weighted by Gasteiger charge is -2.23. The largest absolute Gasteiger partial charge is 0.376 e. The third kappa shape index (κ3) is 2.50. The van der Waals surface area contributed by atoms with Crippen molar-refractivity contribution in [1.82, 2.24) is 19.6 Å². The van der Waals surface area contributed by atoms with E-state index in [9.17, 15) is 0 Å². The Morgan fingerprint density at radius 3 is 3.21 bits per heavy atom. The van der Waals surface area contributed by atoms with Crippen molar-refractivity contribution < 1.29 is 4.74 Å². The summed E-state index contributed by atoms with van der Waals surface area (Å²) in [5.41, 5.74) is 0.871. The average molecular weight is 282 g/mol. The lowest BCUT2D eigenvalue weighted by Crippen LogP contribution is -2.28. The Bertz CT molecular complexity index is 579. The minimum atomic E-state index is 0.249. The fourth-order valence-electron chi connectivity index (χ4n) is 2.28. The van der Waals surface area contributed by atoms with E-state index < -0.39 is 0 Å². The van der Waals surface area contributed by atoms with Crippen LogP contribution in [-0.4, -0.2) is 38.8 Å². The number of halogens is 1. The Labute approximate surface area is 116 Å². The van der Waals surface area contributed by atoms with Gasteiger partial charge in [-0.05, 0) is 26.2 Å². The van der Waals surface area contributed by atoms with Crippen molar-refractivity contribution in [2.24, 2.45) is 0 Å². The summed E-state index contributed by atoms with van der Waals surface area (Å²) in [6.07, 6.45) is 5.19. The molecule has 0 saturated carbocycles. The highest BCUT2D eigenvalue weighted by atomic mass is 35.5. The molecule has 7 heteroatoms. The van der Waals surface area contributed by atoms with Crippen LogP contribution in [0.25, 0.3) is 5.78 Å². The summed E-state index contributed by atoms with van der Waals surface area (Å²) in [7, 11) is 0. The van der Waals surface area contributed by atoms with Crippen LogP contribution in [0, 0.1) is 6.92 Å². The maximum Gasteiger partial charge on any atom is 0.255 e. The topological polar surface area (TPSA) is 64.3 Å². The summed E-state index contributed by atoms with van der Waals surface area (Å²) in [5.74, 6) is 1.34. The van der Waals surface area contributed by atoms with Gasteiger partial charge in [0.1, 0.15) is 17.3 Å². The second-order valence-corrected chi connectivity index (χ2v) is 5.08. The number of anilines is 1. The van der Waals surface area contributed by atoms with Crippen LogP contribution in [0.15, 0.2) is 6.33 Å². The molecule has 6 nitrogen and oxygen atoms in total. The number of fused-ring (bicyclic) bond motifs is 1. The zero-order valence-electron chi connectivity index (χ0n) is 10.8. The van der Waals surface area contributed by atoms with Crippen LogP contribution in [0.4, 0.5) is 5.82 Å². The van der Waals surface area contributed by atoms with Crippen LogP contribution in [-0.2, 0) is 4.74 Å². The van der Waals surface area contributed by atoms with Gasteiger partial charge in [0.25, 0.3) is 5.78 Å². The molecule has 1 aliphatic heterocycles. The molecule has 2 aromatic rings. The molecule has 3 heterocycles. The third-order valence-corrected chi connectivity index (χ3v) is 3.74. The summed E-state index contributed by atoms with van der Waals surface area (Å²) in [5, 5.41) is 7.98. The normalized spacial score (nSPS) is 19.8. The van der Waals surface area contributed by atoms with Crippen molar-refractivity contribution in [2.45, 2.75) is 32.3 Å². The fraction of sp³-hybridized carbons (Fsp3) is 0.583. The van der Waals surface area contributed by atoms with Gasteiger partial charge in [-0.15, -0.1) is 0 Å². The Morgan fingerprint density at radius 1 is 1.53 bits per heavy atom. The molecule has 3 rings (SSSR count). The van der Waals surface area contributed by atoms with E-state index in [2.05, 4.69) is 20.4 Å². The van der Waals surface area contributed by atoms with Crippen molar-refractivity contribution in [2.75, 3.05) is 18.5 Å². The molecule has 0 radical (unpaired) electrons. The number of hydrogen-bond donors (Lipinski definition) is 1. The van der Waals surface area contributed by atoms with Gasteiger partial charge in [0.05, 0.1) is 6.10 Å². The molecule has 1 N–H and O–H groups in total. The Balaban J connectivity index is 1.82. The Hall–Kier alpha value is -1.40. The van der Waals surface area contributed by atoms with E-state index in [1.54, 1.807) is 4.52 Å².